The van der Waals surface area contributed by atoms with E-state index in [4.69, 9.17) is 9.47 Å². The molecule has 3 heterocycles. The number of piperazine rings is 1. The number of benzene rings is 1. The summed E-state index contributed by atoms with van der Waals surface area (Å²) in [4.78, 5) is 21.3. The minimum absolute atomic E-state index is 0.120. The molecule has 1 saturated heterocycles. The summed E-state index contributed by atoms with van der Waals surface area (Å²) in [5, 5.41) is 9.27. The van der Waals surface area contributed by atoms with E-state index in [-0.39, 0.29) is 11.8 Å². The van der Waals surface area contributed by atoms with E-state index < -0.39 is 0 Å². The van der Waals surface area contributed by atoms with Crippen LogP contribution >= 0.6 is 0 Å². The molecule has 0 aliphatic carbocycles. The number of anilines is 1. The number of methoxy groups -OCH3 is 1. The first kappa shape index (κ1) is 18.1. The lowest BCUT2D eigenvalue weighted by molar-refractivity contribution is -0.137. The van der Waals surface area contributed by atoms with Gasteiger partial charge < -0.3 is 19.3 Å². The third-order valence-electron chi connectivity index (χ3n) is 5.32. The van der Waals surface area contributed by atoms with Crippen molar-refractivity contribution in [3.8, 4) is 17.6 Å². The Morgan fingerprint density at radius 1 is 1.25 bits per heavy atom. The zero-order valence-electron chi connectivity index (χ0n) is 15.8. The Bertz CT molecular complexity index is 916. The third-order valence-corrected chi connectivity index (χ3v) is 5.32. The van der Waals surface area contributed by atoms with Crippen LogP contribution in [0.3, 0.4) is 0 Å². The number of fused-ring (bicyclic) bond motifs is 1. The molecule has 1 fully saturated rings. The summed E-state index contributed by atoms with van der Waals surface area (Å²) in [7, 11) is 1.62. The summed E-state index contributed by atoms with van der Waals surface area (Å²) >= 11 is 0. The van der Waals surface area contributed by atoms with Crippen LogP contribution in [0, 0.1) is 17.2 Å². The summed E-state index contributed by atoms with van der Waals surface area (Å²) in [6.45, 7) is 2.92. The van der Waals surface area contributed by atoms with Crippen LogP contribution in [0.4, 0.5) is 5.82 Å². The fraction of sp³-hybridized carbons (Fsp3) is 0.381. The lowest BCUT2D eigenvalue weighted by atomic mass is 9.95. The van der Waals surface area contributed by atoms with Crippen molar-refractivity contribution in [2.24, 2.45) is 5.92 Å². The van der Waals surface area contributed by atoms with E-state index in [0.29, 0.717) is 56.3 Å². The maximum atomic E-state index is 13.0. The van der Waals surface area contributed by atoms with E-state index in [1.54, 1.807) is 25.4 Å². The number of rotatable bonds is 3. The molecule has 0 bridgehead atoms. The van der Waals surface area contributed by atoms with Gasteiger partial charge in [-0.15, -0.1) is 0 Å². The lowest BCUT2D eigenvalue weighted by Crippen LogP contribution is -2.52. The molecule has 0 unspecified atom stereocenters. The standard InChI is InChI=1S/C21H22N4O3/c1-27-18-6-2-4-15-12-17(14-28-19(15)18)21(26)25-10-8-24(9-11-25)20-16(13-22)5-3-7-23-20/h2-7,17H,8-12,14H2,1H3/t17-/m1/s1. The first-order valence-corrected chi connectivity index (χ1v) is 9.38. The third kappa shape index (κ3) is 3.33. The highest BCUT2D eigenvalue weighted by atomic mass is 16.5. The highest BCUT2D eigenvalue weighted by molar-refractivity contribution is 5.80. The van der Waals surface area contributed by atoms with Crippen molar-refractivity contribution in [2.45, 2.75) is 6.42 Å². The number of amides is 1. The van der Waals surface area contributed by atoms with Crippen molar-refractivity contribution in [1.29, 1.82) is 5.26 Å². The highest BCUT2D eigenvalue weighted by Gasteiger charge is 2.32. The van der Waals surface area contributed by atoms with Gasteiger partial charge in [-0.1, -0.05) is 12.1 Å². The van der Waals surface area contributed by atoms with Gasteiger partial charge in [0.05, 0.1) is 18.6 Å². The van der Waals surface area contributed by atoms with Gasteiger partial charge in [-0.25, -0.2) is 4.98 Å². The average molecular weight is 378 g/mol. The Morgan fingerprint density at radius 3 is 2.82 bits per heavy atom. The molecule has 1 aromatic carbocycles. The van der Waals surface area contributed by atoms with E-state index >= 15 is 0 Å². The van der Waals surface area contributed by atoms with Gasteiger partial charge in [-0.05, 0) is 30.2 Å². The van der Waals surface area contributed by atoms with E-state index in [0.717, 1.165) is 11.3 Å². The number of hydrogen-bond donors (Lipinski definition) is 0. The number of carbonyl (C=O) groups excluding carboxylic acids is 1. The van der Waals surface area contributed by atoms with Crippen LogP contribution in [0.5, 0.6) is 11.5 Å². The molecular weight excluding hydrogens is 356 g/mol. The molecule has 144 valence electrons. The molecule has 7 heteroatoms. The molecule has 0 spiro atoms. The molecule has 0 saturated carbocycles. The number of ether oxygens (including phenoxy) is 2. The zero-order valence-corrected chi connectivity index (χ0v) is 15.8. The summed E-state index contributed by atoms with van der Waals surface area (Å²) < 4.78 is 11.2. The molecule has 0 radical (unpaired) electrons. The van der Waals surface area contributed by atoms with Gasteiger partial charge in [0, 0.05) is 32.4 Å². The van der Waals surface area contributed by atoms with Crippen molar-refractivity contribution < 1.29 is 14.3 Å². The Balaban J connectivity index is 1.40. The SMILES string of the molecule is COc1cccc2c1OC[C@H](C(=O)N1CCN(c3ncccc3C#N)CC1)C2. The molecule has 1 aromatic heterocycles. The second kappa shape index (κ2) is 7.77. The van der Waals surface area contributed by atoms with Crippen LogP contribution in [-0.2, 0) is 11.2 Å². The monoisotopic (exact) mass is 378 g/mol. The van der Waals surface area contributed by atoms with Gasteiger partial charge in [0.2, 0.25) is 5.91 Å². The molecule has 28 heavy (non-hydrogen) atoms. The fourth-order valence-electron chi connectivity index (χ4n) is 3.85. The van der Waals surface area contributed by atoms with Crippen molar-refractivity contribution in [1.82, 2.24) is 9.88 Å². The maximum absolute atomic E-state index is 13.0. The summed E-state index contributed by atoms with van der Waals surface area (Å²) in [5.74, 6) is 2.09. The zero-order chi connectivity index (χ0) is 19.5. The summed E-state index contributed by atoms with van der Waals surface area (Å²) in [6.07, 6.45) is 2.35. The quantitative estimate of drug-likeness (QED) is 0.811. The van der Waals surface area contributed by atoms with Crippen molar-refractivity contribution >= 4 is 11.7 Å². The lowest BCUT2D eigenvalue weighted by Gasteiger charge is -2.38. The van der Waals surface area contributed by atoms with E-state index in [1.165, 1.54) is 0 Å². The van der Waals surface area contributed by atoms with Crippen LogP contribution < -0.4 is 14.4 Å². The Morgan fingerprint density at radius 2 is 2.07 bits per heavy atom. The molecule has 1 atom stereocenters. The number of nitrogens with zero attached hydrogens (tertiary/aromatic N) is 4. The summed E-state index contributed by atoms with van der Waals surface area (Å²) in [5.41, 5.74) is 1.57. The van der Waals surface area contributed by atoms with Crippen LogP contribution in [-0.4, -0.2) is 55.7 Å². The first-order chi connectivity index (χ1) is 13.7. The van der Waals surface area contributed by atoms with E-state index in [2.05, 4.69) is 16.0 Å². The minimum Gasteiger partial charge on any atom is -0.493 e. The molecule has 7 nitrogen and oxygen atoms in total. The van der Waals surface area contributed by atoms with Crippen molar-refractivity contribution in [3.05, 3.63) is 47.7 Å². The smallest absolute Gasteiger partial charge is 0.229 e. The van der Waals surface area contributed by atoms with Gasteiger partial charge in [0.15, 0.2) is 11.5 Å². The molecule has 2 aliphatic heterocycles. The molecule has 2 aliphatic rings. The van der Waals surface area contributed by atoms with Gasteiger partial charge in [0.1, 0.15) is 18.5 Å². The summed E-state index contributed by atoms with van der Waals surface area (Å²) in [6, 6.07) is 11.5. The van der Waals surface area contributed by atoms with E-state index in [1.807, 2.05) is 23.1 Å². The number of aromatic nitrogens is 1. The topological polar surface area (TPSA) is 78.7 Å². The number of pyridine rings is 1. The molecule has 0 N–H and O–H groups in total. The number of nitriles is 1. The number of carbonyl (C=O) groups is 1. The molecular formula is C21H22N4O3. The van der Waals surface area contributed by atoms with Crippen molar-refractivity contribution in [2.75, 3.05) is 44.8 Å². The largest absolute Gasteiger partial charge is 0.493 e. The van der Waals surface area contributed by atoms with Gasteiger partial charge in [-0.3, -0.25) is 4.79 Å². The Kier molecular flexibility index (Phi) is 5.02. The molecule has 1 amide bonds. The van der Waals surface area contributed by atoms with Crippen LogP contribution in [0.15, 0.2) is 36.5 Å². The number of hydrogen-bond acceptors (Lipinski definition) is 6. The van der Waals surface area contributed by atoms with Gasteiger partial charge >= 0.3 is 0 Å². The van der Waals surface area contributed by atoms with Crippen LogP contribution in [0.2, 0.25) is 0 Å². The van der Waals surface area contributed by atoms with Gasteiger partial charge in [0.25, 0.3) is 0 Å². The molecule has 4 rings (SSSR count). The first-order valence-electron chi connectivity index (χ1n) is 9.38. The highest BCUT2D eigenvalue weighted by Crippen LogP contribution is 2.36. The van der Waals surface area contributed by atoms with Crippen LogP contribution in [0.1, 0.15) is 11.1 Å². The Hall–Kier alpha value is -3.27. The van der Waals surface area contributed by atoms with Crippen molar-refractivity contribution in [3.63, 3.8) is 0 Å². The minimum atomic E-state index is -0.185. The predicted molar refractivity (Wildman–Crippen MR) is 103 cm³/mol. The number of para-hydroxylation sites is 1. The molecule has 2 aromatic rings. The fourth-order valence-corrected chi connectivity index (χ4v) is 3.85. The average Bonchev–Trinajstić information content (AvgIpc) is 2.77. The maximum Gasteiger partial charge on any atom is 0.229 e. The second-order valence-corrected chi connectivity index (χ2v) is 6.96. The second-order valence-electron chi connectivity index (χ2n) is 6.96. The van der Waals surface area contributed by atoms with Crippen LogP contribution in [0.25, 0.3) is 0 Å². The van der Waals surface area contributed by atoms with Gasteiger partial charge in [-0.2, -0.15) is 5.26 Å². The predicted octanol–water partition coefficient (Wildman–Crippen LogP) is 1.86. The normalized spacial score (nSPS) is 18.6. The Labute approximate surface area is 164 Å². The van der Waals surface area contributed by atoms with E-state index in [9.17, 15) is 10.1 Å².